The van der Waals surface area contributed by atoms with Gasteiger partial charge in [0, 0.05) is 39.9 Å². The molecule has 1 unspecified atom stereocenters. The summed E-state index contributed by atoms with van der Waals surface area (Å²) in [6.07, 6.45) is -2.27. The summed E-state index contributed by atoms with van der Waals surface area (Å²) in [5, 5.41) is 15.1. The normalized spacial score (nSPS) is 11.8. The molecule has 1 heterocycles. The number of hydrogen-bond donors (Lipinski definition) is 2. The average molecular weight is 499 g/mol. The molecule has 5 nitrogen and oxygen atoms in total. The second kappa shape index (κ2) is 11.6. The van der Waals surface area contributed by atoms with E-state index in [1.165, 1.54) is 19.3 Å². The number of para-hydroxylation sites is 1. The van der Waals surface area contributed by atoms with Gasteiger partial charge in [-0.05, 0) is 49.0 Å². The number of halogens is 4. The van der Waals surface area contributed by atoms with Gasteiger partial charge in [-0.2, -0.15) is 18.4 Å². The number of hydrogen-bond acceptors (Lipinski definition) is 3. The number of carbonyl (C=O) groups is 1. The minimum Gasteiger partial charge on any atom is -0.343 e. The number of alkyl halides is 3. The van der Waals surface area contributed by atoms with E-state index in [1.807, 2.05) is 48.5 Å². The van der Waals surface area contributed by atoms with Crippen LogP contribution in [0.4, 0.5) is 18.9 Å². The molecule has 9 heteroatoms. The van der Waals surface area contributed by atoms with Gasteiger partial charge >= 0.3 is 6.18 Å². The Hall–Kier alpha value is -3.80. The van der Waals surface area contributed by atoms with E-state index in [0.717, 1.165) is 11.3 Å². The fraction of sp³-hybridized carbons (Fsp3) is 0.154. The van der Waals surface area contributed by atoms with E-state index in [-0.39, 0.29) is 5.56 Å². The summed E-state index contributed by atoms with van der Waals surface area (Å²) in [4.78, 5) is 9.86. The van der Waals surface area contributed by atoms with Crippen LogP contribution in [0, 0.1) is 11.3 Å². The average Bonchev–Trinajstić information content (AvgIpc) is 3.18. The molecular weight excluding hydrogens is 477 g/mol. The highest BCUT2D eigenvalue weighted by Gasteiger charge is 2.41. The summed E-state index contributed by atoms with van der Waals surface area (Å²) < 4.78 is 42.0. The third-order valence-corrected chi connectivity index (χ3v) is 5.49. The summed E-state index contributed by atoms with van der Waals surface area (Å²) in [6, 6.07) is 21.3. The Labute approximate surface area is 205 Å². The van der Waals surface area contributed by atoms with Crippen molar-refractivity contribution < 1.29 is 18.0 Å². The SMILES string of the molecule is CNC(c1cn(Cc2ccc(Cl)cc2)c2cc(C#N)ccc12)C(F)(F)F.O=CNc1ccccc1. The Morgan fingerprint density at radius 1 is 1.09 bits per heavy atom. The van der Waals surface area contributed by atoms with Crippen molar-refractivity contribution in [3.63, 3.8) is 0 Å². The van der Waals surface area contributed by atoms with Crippen molar-refractivity contribution in [2.75, 3.05) is 12.4 Å². The maximum Gasteiger partial charge on any atom is 0.407 e. The third kappa shape index (κ3) is 6.63. The number of nitrogens with zero attached hydrogens (tertiary/aromatic N) is 2. The first-order valence-corrected chi connectivity index (χ1v) is 10.9. The molecule has 0 aliphatic carbocycles. The van der Waals surface area contributed by atoms with Gasteiger partial charge in [-0.15, -0.1) is 0 Å². The minimum atomic E-state index is -4.43. The van der Waals surface area contributed by atoms with Gasteiger partial charge in [-0.25, -0.2) is 0 Å². The molecule has 1 atom stereocenters. The van der Waals surface area contributed by atoms with Crippen molar-refractivity contribution in [1.29, 1.82) is 5.26 Å². The molecule has 3 aromatic carbocycles. The van der Waals surface area contributed by atoms with Crippen LogP contribution in [0.25, 0.3) is 10.9 Å². The second-order valence-electron chi connectivity index (χ2n) is 7.57. The van der Waals surface area contributed by atoms with E-state index in [1.54, 1.807) is 28.8 Å². The number of rotatable bonds is 6. The lowest BCUT2D eigenvalue weighted by atomic mass is 10.0. The number of benzene rings is 3. The van der Waals surface area contributed by atoms with Crippen molar-refractivity contribution in [3.05, 3.63) is 101 Å². The van der Waals surface area contributed by atoms with Gasteiger partial charge in [0.15, 0.2) is 0 Å². The van der Waals surface area contributed by atoms with Crippen LogP contribution >= 0.6 is 11.6 Å². The monoisotopic (exact) mass is 498 g/mol. The van der Waals surface area contributed by atoms with E-state index >= 15 is 0 Å². The molecule has 1 amide bonds. The van der Waals surface area contributed by atoms with Crippen molar-refractivity contribution in [3.8, 4) is 6.07 Å². The van der Waals surface area contributed by atoms with Gasteiger partial charge in [0.2, 0.25) is 6.41 Å². The third-order valence-electron chi connectivity index (χ3n) is 5.23. The number of aromatic nitrogens is 1. The number of carbonyl (C=O) groups excluding carboxylic acids is 1. The molecule has 0 saturated heterocycles. The van der Waals surface area contributed by atoms with Crippen molar-refractivity contribution in [2.45, 2.75) is 18.8 Å². The van der Waals surface area contributed by atoms with Gasteiger partial charge in [-0.1, -0.05) is 48.0 Å². The summed E-state index contributed by atoms with van der Waals surface area (Å²) in [6.45, 7) is 0.372. The van der Waals surface area contributed by atoms with Crippen LogP contribution in [-0.4, -0.2) is 24.2 Å². The lowest BCUT2D eigenvalue weighted by Gasteiger charge is -2.19. The Morgan fingerprint density at radius 2 is 1.77 bits per heavy atom. The highest BCUT2D eigenvalue weighted by atomic mass is 35.5. The zero-order valence-corrected chi connectivity index (χ0v) is 19.4. The Bertz CT molecular complexity index is 1310. The van der Waals surface area contributed by atoms with Crippen LogP contribution in [0.3, 0.4) is 0 Å². The van der Waals surface area contributed by atoms with Crippen LogP contribution < -0.4 is 10.6 Å². The number of fused-ring (bicyclic) bond motifs is 1. The summed E-state index contributed by atoms with van der Waals surface area (Å²) in [5.41, 5.74) is 2.83. The van der Waals surface area contributed by atoms with Gasteiger partial charge in [0.1, 0.15) is 6.04 Å². The van der Waals surface area contributed by atoms with Crippen LogP contribution in [0.2, 0.25) is 5.02 Å². The molecule has 0 spiro atoms. The van der Waals surface area contributed by atoms with Crippen LogP contribution in [0.1, 0.15) is 22.7 Å². The molecule has 180 valence electrons. The predicted octanol–water partition coefficient (Wildman–Crippen LogP) is 6.29. The van der Waals surface area contributed by atoms with E-state index in [0.29, 0.717) is 34.4 Å². The van der Waals surface area contributed by atoms with Crippen LogP contribution in [0.15, 0.2) is 79.0 Å². The minimum absolute atomic E-state index is 0.133. The number of nitriles is 1. The van der Waals surface area contributed by atoms with Crippen molar-refractivity contribution >= 4 is 34.6 Å². The molecule has 0 bridgehead atoms. The highest BCUT2D eigenvalue weighted by Crippen LogP contribution is 2.37. The van der Waals surface area contributed by atoms with Gasteiger partial charge in [0.25, 0.3) is 0 Å². The molecular formula is C26H22ClF3N4O. The van der Waals surface area contributed by atoms with E-state index < -0.39 is 12.2 Å². The molecule has 1 aromatic heterocycles. The number of anilines is 1. The molecule has 0 radical (unpaired) electrons. The fourth-order valence-electron chi connectivity index (χ4n) is 3.64. The first-order chi connectivity index (χ1) is 16.8. The molecule has 35 heavy (non-hydrogen) atoms. The molecule has 4 aromatic rings. The molecule has 0 aliphatic rings. The lowest BCUT2D eigenvalue weighted by Crippen LogP contribution is -2.31. The predicted molar refractivity (Wildman–Crippen MR) is 131 cm³/mol. The first kappa shape index (κ1) is 25.8. The molecule has 0 fully saturated rings. The Balaban J connectivity index is 0.000000320. The van der Waals surface area contributed by atoms with Crippen LogP contribution in [-0.2, 0) is 11.3 Å². The molecule has 2 N–H and O–H groups in total. The molecule has 0 aliphatic heterocycles. The Morgan fingerprint density at radius 3 is 2.34 bits per heavy atom. The first-order valence-electron chi connectivity index (χ1n) is 10.5. The van der Waals surface area contributed by atoms with E-state index in [2.05, 4.69) is 10.6 Å². The van der Waals surface area contributed by atoms with Crippen molar-refractivity contribution in [1.82, 2.24) is 9.88 Å². The maximum absolute atomic E-state index is 13.4. The smallest absolute Gasteiger partial charge is 0.343 e. The molecule has 0 saturated carbocycles. The highest BCUT2D eigenvalue weighted by molar-refractivity contribution is 6.30. The maximum atomic E-state index is 13.4. The summed E-state index contributed by atoms with van der Waals surface area (Å²) >= 11 is 5.89. The summed E-state index contributed by atoms with van der Waals surface area (Å²) in [7, 11) is 1.28. The molecule has 4 rings (SSSR count). The fourth-order valence-corrected chi connectivity index (χ4v) is 3.76. The Kier molecular flexibility index (Phi) is 8.53. The van der Waals surface area contributed by atoms with E-state index in [9.17, 15) is 18.0 Å². The largest absolute Gasteiger partial charge is 0.407 e. The van der Waals surface area contributed by atoms with Gasteiger partial charge in [-0.3, -0.25) is 4.79 Å². The summed E-state index contributed by atoms with van der Waals surface area (Å²) in [5.74, 6) is 0. The van der Waals surface area contributed by atoms with Gasteiger partial charge in [0.05, 0.1) is 11.6 Å². The topological polar surface area (TPSA) is 69.8 Å². The number of nitrogens with one attached hydrogen (secondary N) is 2. The number of amides is 1. The van der Waals surface area contributed by atoms with Crippen molar-refractivity contribution in [2.24, 2.45) is 0 Å². The quantitative estimate of drug-likeness (QED) is 0.307. The second-order valence-corrected chi connectivity index (χ2v) is 8.01. The zero-order valence-electron chi connectivity index (χ0n) is 18.7. The van der Waals surface area contributed by atoms with Gasteiger partial charge < -0.3 is 15.2 Å². The standard InChI is InChI=1S/C19H15ClF3N3.C7H7NO/c1-25-18(19(21,22)23)16-11-26(10-12-2-5-14(20)6-3-12)17-8-13(9-24)4-7-15(16)17;9-6-8-7-4-2-1-3-5-7/h2-8,11,18,25H,10H2,1H3;1-6H,(H,8,9). The van der Waals surface area contributed by atoms with Crippen LogP contribution in [0.5, 0.6) is 0 Å². The lowest BCUT2D eigenvalue weighted by molar-refractivity contribution is -0.156. The zero-order chi connectivity index (χ0) is 25.4. The van der Waals surface area contributed by atoms with E-state index in [4.69, 9.17) is 16.9 Å².